The molecule has 0 atom stereocenters. The normalized spacial score (nSPS) is 10.9. The second-order valence-electron chi connectivity index (χ2n) is 7.57. The number of aromatic nitrogens is 10. The number of halogens is 4. The Morgan fingerprint density at radius 1 is 0.744 bits per heavy atom. The highest BCUT2D eigenvalue weighted by Gasteiger charge is 2.03. The molecule has 43 heavy (non-hydrogen) atoms. The SMILES string of the molecule is FC1=CCN=C1.N#Cc1cnc(-n2cc(F)cn2)cn1.N#Cc1cnc(Cl)cn1.NCc1cnc(-n2cc(F)cn2)cn1. The van der Waals surface area contributed by atoms with Gasteiger partial charge < -0.3 is 5.73 Å². The Morgan fingerprint density at radius 2 is 1.30 bits per heavy atom. The molecule has 6 heterocycles. The Labute approximate surface area is 246 Å². The summed E-state index contributed by atoms with van der Waals surface area (Å²) in [5.41, 5.74) is 6.53. The molecule has 0 bridgehead atoms. The summed E-state index contributed by atoms with van der Waals surface area (Å²) < 4.78 is 39.4. The van der Waals surface area contributed by atoms with E-state index in [0.717, 1.165) is 12.4 Å². The average molecular weight is 607 g/mol. The highest BCUT2D eigenvalue weighted by Crippen LogP contribution is 2.04. The quantitative estimate of drug-likeness (QED) is 0.316. The van der Waals surface area contributed by atoms with Gasteiger partial charge in [0.15, 0.2) is 34.7 Å². The van der Waals surface area contributed by atoms with Crippen LogP contribution in [-0.2, 0) is 6.54 Å². The molecule has 1 aliphatic rings. The van der Waals surface area contributed by atoms with Gasteiger partial charge >= 0.3 is 0 Å². The van der Waals surface area contributed by atoms with Crippen LogP contribution in [0.3, 0.4) is 0 Å². The number of nitriles is 2. The zero-order valence-corrected chi connectivity index (χ0v) is 22.5. The lowest BCUT2D eigenvalue weighted by atomic mass is 10.4. The standard InChI is InChI=1S/C8H8FN5.C8H4FN5.C5H2ClN3.C4H4FN/c2*9-6-2-13-14(5-6)8-4-11-7(1-10)3-12-8;6-5-3-8-4(1-7)2-9-5;5-4-1-2-6-3-4/h2-5H,1,10H2;2-5H;2-3H;1,3H,2H2. The maximum absolute atomic E-state index is 12.6. The minimum atomic E-state index is -0.448. The summed E-state index contributed by atoms with van der Waals surface area (Å²) in [7, 11) is 0. The molecule has 0 saturated heterocycles. The summed E-state index contributed by atoms with van der Waals surface area (Å²) in [6.45, 7) is 0.854. The van der Waals surface area contributed by atoms with Crippen molar-refractivity contribution in [3.63, 3.8) is 0 Å². The largest absolute Gasteiger partial charge is 0.325 e. The van der Waals surface area contributed by atoms with Crippen molar-refractivity contribution in [1.29, 1.82) is 10.5 Å². The molecule has 1 aliphatic heterocycles. The molecular formula is C25H18ClF3N14. The minimum absolute atomic E-state index is 0.210. The number of rotatable bonds is 3. The summed E-state index contributed by atoms with van der Waals surface area (Å²) in [5, 5.41) is 24.4. The number of hydrogen-bond acceptors (Lipinski definition) is 12. The van der Waals surface area contributed by atoms with Crippen molar-refractivity contribution in [2.45, 2.75) is 6.54 Å². The van der Waals surface area contributed by atoms with Gasteiger partial charge in [-0.1, -0.05) is 11.6 Å². The lowest BCUT2D eigenvalue weighted by molar-refractivity contribution is 0.626. The van der Waals surface area contributed by atoms with Gasteiger partial charge in [-0.15, -0.1) is 0 Å². The molecule has 0 aliphatic carbocycles. The van der Waals surface area contributed by atoms with Crippen LogP contribution < -0.4 is 5.73 Å². The summed E-state index contributed by atoms with van der Waals surface area (Å²) >= 11 is 5.39. The molecule has 18 heteroatoms. The van der Waals surface area contributed by atoms with Gasteiger partial charge in [0, 0.05) is 6.54 Å². The van der Waals surface area contributed by atoms with Crippen molar-refractivity contribution >= 4 is 17.8 Å². The van der Waals surface area contributed by atoms with E-state index in [1.165, 1.54) is 71.2 Å². The molecular weight excluding hydrogens is 589 g/mol. The molecule has 0 saturated carbocycles. The summed E-state index contributed by atoms with van der Waals surface area (Å²) in [5.74, 6) is -0.236. The van der Waals surface area contributed by atoms with Crippen molar-refractivity contribution in [3.05, 3.63) is 108 Å². The van der Waals surface area contributed by atoms with E-state index in [9.17, 15) is 13.2 Å². The molecule has 0 aromatic carbocycles. The molecule has 0 fully saturated rings. The van der Waals surface area contributed by atoms with E-state index in [-0.39, 0.29) is 17.2 Å². The zero-order chi connectivity index (χ0) is 31.0. The molecule has 6 rings (SSSR count). The first-order valence-corrected chi connectivity index (χ1v) is 12.1. The monoisotopic (exact) mass is 606 g/mol. The van der Waals surface area contributed by atoms with Crippen LogP contribution in [0.2, 0.25) is 5.15 Å². The summed E-state index contributed by atoms with van der Waals surface area (Å²) in [6.07, 6.45) is 15.6. The zero-order valence-electron chi connectivity index (χ0n) is 21.7. The highest BCUT2D eigenvalue weighted by atomic mass is 35.5. The van der Waals surface area contributed by atoms with Gasteiger partial charge in [0.2, 0.25) is 0 Å². The van der Waals surface area contributed by atoms with Gasteiger partial charge in [-0.2, -0.15) is 20.7 Å². The number of hydrogen-bond donors (Lipinski definition) is 1. The maximum Gasteiger partial charge on any atom is 0.171 e. The van der Waals surface area contributed by atoms with Gasteiger partial charge in [-0.05, 0) is 6.08 Å². The van der Waals surface area contributed by atoms with E-state index >= 15 is 0 Å². The van der Waals surface area contributed by atoms with Crippen LogP contribution in [0, 0.1) is 34.3 Å². The predicted octanol–water partition coefficient (Wildman–Crippen LogP) is 2.86. The van der Waals surface area contributed by atoms with Crippen LogP contribution in [0.25, 0.3) is 11.6 Å². The Hall–Kier alpha value is -5.91. The number of allylic oxidation sites excluding steroid dienone is 1. The third kappa shape index (κ3) is 10.5. The maximum atomic E-state index is 12.6. The highest BCUT2D eigenvalue weighted by molar-refractivity contribution is 6.29. The Kier molecular flexibility index (Phi) is 12.0. The van der Waals surface area contributed by atoms with Crippen LogP contribution in [0.1, 0.15) is 17.1 Å². The van der Waals surface area contributed by atoms with Crippen molar-refractivity contribution < 1.29 is 13.2 Å². The fourth-order valence-corrected chi connectivity index (χ4v) is 2.72. The van der Waals surface area contributed by atoms with Crippen LogP contribution in [0.5, 0.6) is 0 Å². The summed E-state index contributed by atoms with van der Waals surface area (Å²) in [6, 6.07) is 3.66. The van der Waals surface area contributed by atoms with E-state index in [1.54, 1.807) is 0 Å². The van der Waals surface area contributed by atoms with E-state index in [0.29, 0.717) is 35.6 Å². The van der Waals surface area contributed by atoms with E-state index in [4.69, 9.17) is 27.9 Å². The van der Waals surface area contributed by atoms with Crippen molar-refractivity contribution in [2.75, 3.05) is 6.54 Å². The van der Waals surface area contributed by atoms with Crippen LogP contribution in [-0.4, -0.2) is 62.2 Å². The molecule has 14 nitrogen and oxygen atoms in total. The molecule has 0 radical (unpaired) electrons. The Morgan fingerprint density at radius 3 is 1.63 bits per heavy atom. The number of aliphatic imine (C=N–C) groups is 1. The Balaban J connectivity index is 0.000000164. The average Bonchev–Trinajstić information content (AvgIpc) is 3.81. The number of nitrogens with two attached hydrogens (primary N) is 1. The fraction of sp³-hybridized carbons (Fsp3) is 0.0800. The molecule has 5 aromatic heterocycles. The van der Waals surface area contributed by atoms with Crippen molar-refractivity contribution in [2.24, 2.45) is 10.7 Å². The van der Waals surface area contributed by atoms with Crippen LogP contribution >= 0.6 is 11.6 Å². The molecule has 0 amide bonds. The van der Waals surface area contributed by atoms with E-state index < -0.39 is 11.6 Å². The Bertz CT molecular complexity index is 1730. The van der Waals surface area contributed by atoms with Gasteiger partial charge in [0.25, 0.3) is 0 Å². The first kappa shape index (κ1) is 31.6. The van der Waals surface area contributed by atoms with Gasteiger partial charge in [0.1, 0.15) is 23.1 Å². The molecule has 0 unspecified atom stereocenters. The van der Waals surface area contributed by atoms with Crippen LogP contribution in [0.15, 0.2) is 78.9 Å². The molecule has 2 N–H and O–H groups in total. The van der Waals surface area contributed by atoms with Gasteiger partial charge in [-0.25, -0.2) is 47.5 Å². The lowest BCUT2D eigenvalue weighted by Crippen LogP contribution is -2.03. The first-order valence-electron chi connectivity index (χ1n) is 11.7. The third-order valence-corrected chi connectivity index (χ3v) is 4.76. The minimum Gasteiger partial charge on any atom is -0.325 e. The summed E-state index contributed by atoms with van der Waals surface area (Å²) in [4.78, 5) is 26.5. The molecule has 5 aromatic rings. The molecule has 0 spiro atoms. The van der Waals surface area contributed by atoms with E-state index in [2.05, 4.69) is 45.1 Å². The third-order valence-electron chi connectivity index (χ3n) is 4.57. The fourth-order valence-electron chi connectivity index (χ4n) is 2.62. The van der Waals surface area contributed by atoms with Gasteiger partial charge in [-0.3, -0.25) is 9.98 Å². The lowest BCUT2D eigenvalue weighted by Gasteiger charge is -1.99. The first-order chi connectivity index (χ1) is 20.8. The molecule has 216 valence electrons. The smallest absolute Gasteiger partial charge is 0.171 e. The second kappa shape index (κ2) is 16.4. The van der Waals surface area contributed by atoms with Crippen molar-refractivity contribution in [1.82, 2.24) is 49.5 Å². The van der Waals surface area contributed by atoms with Gasteiger partial charge in [0.05, 0.1) is 80.4 Å². The number of nitrogens with zero attached hydrogens (tertiary/aromatic N) is 13. The topological polar surface area (TPSA) is 199 Å². The van der Waals surface area contributed by atoms with Crippen molar-refractivity contribution in [3.8, 4) is 23.8 Å². The predicted molar refractivity (Wildman–Crippen MR) is 145 cm³/mol. The second-order valence-corrected chi connectivity index (χ2v) is 7.95. The van der Waals surface area contributed by atoms with Crippen LogP contribution in [0.4, 0.5) is 13.2 Å². The van der Waals surface area contributed by atoms with E-state index in [1.807, 2.05) is 12.1 Å².